The molecule has 0 radical (unpaired) electrons. The van der Waals surface area contributed by atoms with Crippen molar-refractivity contribution in [3.63, 3.8) is 0 Å². The summed E-state index contributed by atoms with van der Waals surface area (Å²) in [6, 6.07) is 10.7. The van der Waals surface area contributed by atoms with Gasteiger partial charge < -0.3 is 10.0 Å². The lowest BCUT2D eigenvalue weighted by Gasteiger charge is -2.28. The minimum absolute atomic E-state index is 0.115. The van der Waals surface area contributed by atoms with E-state index in [4.69, 9.17) is 0 Å². The number of carboxylic acids is 1. The maximum absolute atomic E-state index is 12.1. The SMILES string of the molecule is O=C(O)c1ccc(N2CCCCC2=O)c2ccccc12. The number of hydrogen-bond donors (Lipinski definition) is 1. The highest BCUT2D eigenvalue weighted by atomic mass is 16.4. The Labute approximate surface area is 116 Å². The van der Waals surface area contributed by atoms with Crippen molar-refractivity contribution in [2.24, 2.45) is 0 Å². The highest BCUT2D eigenvalue weighted by Crippen LogP contribution is 2.31. The van der Waals surface area contributed by atoms with Gasteiger partial charge in [-0.05, 0) is 30.4 Å². The average Bonchev–Trinajstić information content (AvgIpc) is 2.46. The largest absolute Gasteiger partial charge is 0.478 e. The van der Waals surface area contributed by atoms with Gasteiger partial charge in [0.15, 0.2) is 0 Å². The first-order chi connectivity index (χ1) is 9.68. The molecule has 3 rings (SSSR count). The summed E-state index contributed by atoms with van der Waals surface area (Å²) in [5.41, 5.74) is 1.09. The number of hydrogen-bond acceptors (Lipinski definition) is 2. The first-order valence-corrected chi connectivity index (χ1v) is 6.74. The maximum atomic E-state index is 12.1. The average molecular weight is 269 g/mol. The van der Waals surface area contributed by atoms with E-state index in [1.807, 2.05) is 18.2 Å². The van der Waals surface area contributed by atoms with E-state index in [2.05, 4.69) is 0 Å². The van der Waals surface area contributed by atoms with E-state index < -0.39 is 5.97 Å². The summed E-state index contributed by atoms with van der Waals surface area (Å²) in [6.45, 7) is 0.704. The van der Waals surface area contributed by atoms with Gasteiger partial charge in [0.2, 0.25) is 5.91 Å². The zero-order valence-corrected chi connectivity index (χ0v) is 11.0. The topological polar surface area (TPSA) is 57.6 Å². The monoisotopic (exact) mass is 269 g/mol. The molecule has 0 aliphatic carbocycles. The smallest absolute Gasteiger partial charge is 0.336 e. The van der Waals surface area contributed by atoms with Gasteiger partial charge in [-0.2, -0.15) is 0 Å². The van der Waals surface area contributed by atoms with Gasteiger partial charge in [-0.15, -0.1) is 0 Å². The summed E-state index contributed by atoms with van der Waals surface area (Å²) in [6.07, 6.45) is 2.48. The Kier molecular flexibility index (Phi) is 3.14. The van der Waals surface area contributed by atoms with Crippen LogP contribution in [-0.4, -0.2) is 23.5 Å². The second-order valence-corrected chi connectivity index (χ2v) is 4.99. The van der Waals surface area contributed by atoms with E-state index in [9.17, 15) is 14.7 Å². The molecule has 4 heteroatoms. The van der Waals surface area contributed by atoms with Gasteiger partial charge in [-0.25, -0.2) is 4.79 Å². The fraction of sp³-hybridized carbons (Fsp3) is 0.250. The third kappa shape index (κ3) is 2.03. The van der Waals surface area contributed by atoms with Crippen molar-refractivity contribution >= 4 is 28.3 Å². The zero-order valence-electron chi connectivity index (χ0n) is 11.0. The van der Waals surface area contributed by atoms with Crippen LogP contribution in [0.1, 0.15) is 29.6 Å². The molecular formula is C16H15NO3. The van der Waals surface area contributed by atoms with Crippen LogP contribution >= 0.6 is 0 Å². The highest BCUT2D eigenvalue weighted by Gasteiger charge is 2.22. The van der Waals surface area contributed by atoms with E-state index >= 15 is 0 Å². The Morgan fingerprint density at radius 3 is 2.50 bits per heavy atom. The summed E-state index contributed by atoms with van der Waals surface area (Å²) in [5.74, 6) is -0.831. The molecule has 0 bridgehead atoms. The van der Waals surface area contributed by atoms with Gasteiger partial charge in [-0.1, -0.05) is 24.3 Å². The van der Waals surface area contributed by atoms with Crippen LogP contribution in [0, 0.1) is 0 Å². The number of benzene rings is 2. The fourth-order valence-corrected chi connectivity index (χ4v) is 2.77. The number of rotatable bonds is 2. The molecule has 0 unspecified atom stereocenters. The summed E-state index contributed by atoms with van der Waals surface area (Å²) in [5, 5.41) is 10.8. The van der Waals surface area contributed by atoms with E-state index in [0.29, 0.717) is 18.4 Å². The third-order valence-electron chi connectivity index (χ3n) is 3.75. The molecule has 1 aliphatic rings. The van der Waals surface area contributed by atoms with E-state index in [1.165, 1.54) is 0 Å². The molecule has 0 aromatic heterocycles. The Bertz CT molecular complexity index is 693. The normalized spacial score (nSPS) is 15.6. The second kappa shape index (κ2) is 4.96. The molecule has 2 aromatic rings. The number of piperidine rings is 1. The maximum Gasteiger partial charge on any atom is 0.336 e. The van der Waals surface area contributed by atoms with Gasteiger partial charge in [-0.3, -0.25) is 4.79 Å². The van der Waals surface area contributed by atoms with E-state index in [1.54, 1.807) is 23.1 Å². The third-order valence-corrected chi connectivity index (χ3v) is 3.75. The predicted molar refractivity (Wildman–Crippen MR) is 77.1 cm³/mol. The number of carbonyl (C=O) groups excluding carboxylic acids is 1. The van der Waals surface area contributed by atoms with Gasteiger partial charge in [0.1, 0.15) is 0 Å². The quantitative estimate of drug-likeness (QED) is 0.911. The molecule has 0 saturated carbocycles. The summed E-state index contributed by atoms with van der Waals surface area (Å²) < 4.78 is 0. The van der Waals surface area contributed by atoms with Crippen molar-refractivity contribution in [2.75, 3.05) is 11.4 Å². The molecule has 20 heavy (non-hydrogen) atoms. The van der Waals surface area contributed by atoms with Crippen molar-refractivity contribution in [1.29, 1.82) is 0 Å². The first kappa shape index (κ1) is 12.7. The first-order valence-electron chi connectivity index (χ1n) is 6.74. The Morgan fingerprint density at radius 1 is 1.05 bits per heavy atom. The van der Waals surface area contributed by atoms with Crippen molar-refractivity contribution in [1.82, 2.24) is 0 Å². The summed E-state index contributed by atoms with van der Waals surface area (Å²) in [7, 11) is 0. The number of fused-ring (bicyclic) bond motifs is 1. The minimum atomic E-state index is -0.947. The zero-order chi connectivity index (χ0) is 14.1. The molecule has 1 N–H and O–H groups in total. The van der Waals surface area contributed by atoms with E-state index in [-0.39, 0.29) is 11.5 Å². The van der Waals surface area contributed by atoms with Crippen LogP contribution in [0.2, 0.25) is 0 Å². The number of aromatic carboxylic acids is 1. The van der Waals surface area contributed by atoms with Crippen LogP contribution in [0.5, 0.6) is 0 Å². The van der Waals surface area contributed by atoms with Gasteiger partial charge in [0, 0.05) is 18.4 Å². The van der Waals surface area contributed by atoms with Gasteiger partial charge in [0.05, 0.1) is 11.3 Å². The number of nitrogens with zero attached hydrogens (tertiary/aromatic N) is 1. The molecule has 2 aromatic carbocycles. The molecule has 1 aliphatic heterocycles. The van der Waals surface area contributed by atoms with Crippen molar-refractivity contribution < 1.29 is 14.7 Å². The summed E-state index contributed by atoms with van der Waals surface area (Å²) >= 11 is 0. The second-order valence-electron chi connectivity index (χ2n) is 4.99. The molecule has 1 fully saturated rings. The number of carbonyl (C=O) groups is 2. The summed E-state index contributed by atoms with van der Waals surface area (Å²) in [4.78, 5) is 25.1. The Balaban J connectivity index is 2.20. The molecule has 102 valence electrons. The highest BCUT2D eigenvalue weighted by molar-refractivity contribution is 6.11. The molecule has 0 atom stereocenters. The molecule has 1 heterocycles. The molecular weight excluding hydrogens is 254 g/mol. The molecule has 0 spiro atoms. The molecule has 4 nitrogen and oxygen atoms in total. The van der Waals surface area contributed by atoms with Gasteiger partial charge >= 0.3 is 5.97 Å². The standard InChI is InChI=1S/C16H15NO3/c18-15-7-3-4-10-17(15)14-9-8-13(16(19)20)11-5-1-2-6-12(11)14/h1-2,5-6,8-9H,3-4,7,10H2,(H,19,20). The molecule has 1 saturated heterocycles. The van der Waals surface area contributed by atoms with Crippen molar-refractivity contribution in [2.45, 2.75) is 19.3 Å². The van der Waals surface area contributed by atoms with Crippen molar-refractivity contribution in [3.05, 3.63) is 42.0 Å². The predicted octanol–water partition coefficient (Wildman–Crippen LogP) is 3.05. The number of amides is 1. The lowest BCUT2D eigenvalue weighted by atomic mass is 10.0. The number of carboxylic acid groups (broad SMARTS) is 1. The van der Waals surface area contributed by atoms with Crippen LogP contribution in [-0.2, 0) is 4.79 Å². The van der Waals surface area contributed by atoms with Crippen LogP contribution < -0.4 is 4.90 Å². The van der Waals surface area contributed by atoms with Gasteiger partial charge in [0.25, 0.3) is 0 Å². The Morgan fingerprint density at radius 2 is 1.80 bits per heavy atom. The number of anilines is 1. The fourth-order valence-electron chi connectivity index (χ4n) is 2.77. The van der Waals surface area contributed by atoms with Crippen LogP contribution in [0.15, 0.2) is 36.4 Å². The van der Waals surface area contributed by atoms with E-state index in [0.717, 1.165) is 23.9 Å². The van der Waals surface area contributed by atoms with Crippen LogP contribution in [0.3, 0.4) is 0 Å². The van der Waals surface area contributed by atoms with Crippen molar-refractivity contribution in [3.8, 4) is 0 Å². The lowest BCUT2D eigenvalue weighted by Crippen LogP contribution is -2.35. The Hall–Kier alpha value is -2.36. The molecule has 1 amide bonds. The van der Waals surface area contributed by atoms with Crippen LogP contribution in [0.25, 0.3) is 10.8 Å². The van der Waals surface area contributed by atoms with Crippen LogP contribution in [0.4, 0.5) is 5.69 Å². The lowest BCUT2D eigenvalue weighted by molar-refractivity contribution is -0.119. The minimum Gasteiger partial charge on any atom is -0.478 e.